The third-order valence-corrected chi connectivity index (χ3v) is 6.51. The normalized spacial score (nSPS) is 13.4. The summed E-state index contributed by atoms with van der Waals surface area (Å²) in [7, 11) is 0. The number of hydrogen-bond donors (Lipinski definition) is 1. The van der Waals surface area contributed by atoms with E-state index in [1.807, 2.05) is 12.1 Å². The van der Waals surface area contributed by atoms with Crippen LogP contribution in [0.5, 0.6) is 5.88 Å². The van der Waals surface area contributed by atoms with E-state index in [1.165, 1.54) is 24.3 Å². The molecule has 0 aliphatic carbocycles. The molecule has 0 bridgehead atoms. The number of carboxylic acid groups (broad SMARTS) is 1. The van der Waals surface area contributed by atoms with Crippen molar-refractivity contribution in [3.63, 3.8) is 0 Å². The Morgan fingerprint density at radius 3 is 2.67 bits per heavy atom. The summed E-state index contributed by atoms with van der Waals surface area (Å²) in [5.74, 6) is -1.83. The van der Waals surface area contributed by atoms with Crippen LogP contribution in [0.25, 0.3) is 16.6 Å². The van der Waals surface area contributed by atoms with Crippen LogP contribution in [0.1, 0.15) is 39.6 Å². The Morgan fingerprint density at radius 1 is 1.12 bits per heavy atom. The second-order valence-electron chi connectivity index (χ2n) is 9.05. The summed E-state index contributed by atoms with van der Waals surface area (Å²) in [6.45, 7) is 1.31. The number of aromatic carboxylic acids is 1. The average molecular weight is 542 g/mol. The Kier molecular flexibility index (Phi) is 7.44. The second-order valence-corrected chi connectivity index (χ2v) is 9.05. The van der Waals surface area contributed by atoms with Gasteiger partial charge in [-0.15, -0.1) is 0 Å². The van der Waals surface area contributed by atoms with E-state index < -0.39 is 17.6 Å². The highest BCUT2D eigenvalue weighted by atomic mass is 19.1. The van der Waals surface area contributed by atoms with E-state index in [0.29, 0.717) is 48.7 Å². The molecule has 2 aromatic carbocycles. The van der Waals surface area contributed by atoms with E-state index in [9.17, 15) is 23.9 Å². The van der Waals surface area contributed by atoms with Crippen LogP contribution < -0.4 is 4.74 Å². The molecule has 2 aromatic heterocycles. The zero-order chi connectivity index (χ0) is 28.2. The molecule has 1 aliphatic rings. The minimum atomic E-state index is -1.06. The van der Waals surface area contributed by atoms with Crippen LogP contribution in [0.2, 0.25) is 0 Å². The van der Waals surface area contributed by atoms with Crippen molar-refractivity contribution in [3.8, 4) is 18.0 Å². The van der Waals surface area contributed by atoms with Crippen molar-refractivity contribution in [3.05, 3.63) is 88.6 Å². The quantitative estimate of drug-likeness (QED) is 0.349. The summed E-state index contributed by atoms with van der Waals surface area (Å²) in [5, 5.41) is 27.5. The van der Waals surface area contributed by atoms with Gasteiger partial charge in [-0.25, -0.2) is 19.2 Å². The van der Waals surface area contributed by atoms with Crippen LogP contribution in [0, 0.1) is 34.3 Å². The van der Waals surface area contributed by atoms with Crippen LogP contribution in [-0.4, -0.2) is 48.6 Å². The largest absolute Gasteiger partial charge is 0.478 e. The van der Waals surface area contributed by atoms with Gasteiger partial charge in [0.1, 0.15) is 24.8 Å². The molecule has 1 aliphatic heterocycles. The van der Waals surface area contributed by atoms with Crippen LogP contribution in [-0.2, 0) is 19.7 Å². The van der Waals surface area contributed by atoms with Gasteiger partial charge in [0.25, 0.3) is 5.88 Å². The van der Waals surface area contributed by atoms with Gasteiger partial charge >= 0.3 is 5.97 Å². The van der Waals surface area contributed by atoms with Crippen LogP contribution in [0.3, 0.4) is 0 Å². The lowest BCUT2D eigenvalue weighted by Crippen LogP contribution is -2.29. The fraction of sp³-hybridized carbons (Fsp3) is 0.214. The molecular formula is C28H21F2N7O3. The molecule has 0 saturated carbocycles. The summed E-state index contributed by atoms with van der Waals surface area (Å²) in [4.78, 5) is 26.4. The van der Waals surface area contributed by atoms with Crippen LogP contribution in [0.15, 0.2) is 48.7 Å². The highest BCUT2D eigenvalue weighted by molar-refractivity contribution is 5.92. The van der Waals surface area contributed by atoms with Crippen molar-refractivity contribution < 1.29 is 23.4 Å². The van der Waals surface area contributed by atoms with Crippen molar-refractivity contribution in [1.29, 1.82) is 10.5 Å². The third kappa shape index (κ3) is 5.48. The molecule has 0 atom stereocenters. The highest BCUT2D eigenvalue weighted by Crippen LogP contribution is 2.25. The first-order chi connectivity index (χ1) is 19.4. The number of ether oxygens (including phenoxy) is 1. The lowest BCUT2D eigenvalue weighted by atomic mass is 10.1. The molecule has 12 heteroatoms. The SMILES string of the molecule is N#CCn1c(CN2CC=C(c3ncc(F)c(OCc4ccc(C#N)cc4F)n3)CC2)nc2ccc(C(=O)O)cc21. The number of halogens is 2. The monoisotopic (exact) mass is 541 g/mol. The molecule has 10 nitrogen and oxygen atoms in total. The maximum absolute atomic E-state index is 14.3. The fourth-order valence-corrected chi connectivity index (χ4v) is 4.42. The Labute approximate surface area is 227 Å². The molecule has 4 aromatic rings. The molecule has 200 valence electrons. The molecular weight excluding hydrogens is 520 g/mol. The van der Waals surface area contributed by atoms with Crippen molar-refractivity contribution in [1.82, 2.24) is 24.4 Å². The average Bonchev–Trinajstić information content (AvgIpc) is 3.29. The van der Waals surface area contributed by atoms with Gasteiger partial charge in [-0.2, -0.15) is 19.9 Å². The fourth-order valence-electron chi connectivity index (χ4n) is 4.42. The first-order valence-corrected chi connectivity index (χ1v) is 12.2. The molecule has 0 radical (unpaired) electrons. The molecule has 0 amide bonds. The van der Waals surface area contributed by atoms with E-state index in [2.05, 4.69) is 25.9 Å². The number of benzene rings is 2. The number of carbonyl (C=O) groups is 1. The molecule has 5 rings (SSSR count). The van der Waals surface area contributed by atoms with E-state index >= 15 is 0 Å². The maximum Gasteiger partial charge on any atom is 0.335 e. The summed E-state index contributed by atoms with van der Waals surface area (Å²) >= 11 is 0. The van der Waals surface area contributed by atoms with Gasteiger partial charge in [0.2, 0.25) is 5.82 Å². The number of rotatable bonds is 8. The third-order valence-electron chi connectivity index (χ3n) is 6.51. The van der Waals surface area contributed by atoms with Crippen LogP contribution >= 0.6 is 0 Å². The number of fused-ring (bicyclic) bond motifs is 1. The highest BCUT2D eigenvalue weighted by Gasteiger charge is 2.20. The van der Waals surface area contributed by atoms with Gasteiger partial charge < -0.3 is 14.4 Å². The molecule has 3 heterocycles. The molecule has 0 spiro atoms. The van der Waals surface area contributed by atoms with Crippen molar-refractivity contribution in [2.24, 2.45) is 0 Å². The Morgan fingerprint density at radius 2 is 1.98 bits per heavy atom. The van der Waals surface area contributed by atoms with E-state index in [0.717, 1.165) is 17.8 Å². The van der Waals surface area contributed by atoms with Gasteiger partial charge in [0, 0.05) is 18.7 Å². The first-order valence-electron chi connectivity index (χ1n) is 12.2. The number of nitrogens with zero attached hydrogens (tertiary/aromatic N) is 7. The molecule has 0 saturated heterocycles. The number of imidazole rings is 1. The van der Waals surface area contributed by atoms with Gasteiger partial charge in [0.05, 0.1) is 47.0 Å². The summed E-state index contributed by atoms with van der Waals surface area (Å²) < 4.78 is 35.7. The minimum Gasteiger partial charge on any atom is -0.478 e. The summed E-state index contributed by atoms with van der Waals surface area (Å²) in [5.41, 5.74) is 2.43. The van der Waals surface area contributed by atoms with Gasteiger partial charge in [0.15, 0.2) is 5.82 Å². The van der Waals surface area contributed by atoms with Crippen molar-refractivity contribution in [2.45, 2.75) is 26.1 Å². The lowest BCUT2D eigenvalue weighted by Gasteiger charge is -2.25. The van der Waals surface area contributed by atoms with E-state index in [1.54, 1.807) is 10.6 Å². The topological polar surface area (TPSA) is 141 Å². The molecule has 40 heavy (non-hydrogen) atoms. The summed E-state index contributed by atoms with van der Waals surface area (Å²) in [6, 6.07) is 12.5. The minimum absolute atomic E-state index is 0.0302. The van der Waals surface area contributed by atoms with E-state index in [4.69, 9.17) is 10.00 Å². The number of carboxylic acids is 1. The van der Waals surface area contributed by atoms with E-state index in [-0.39, 0.29) is 35.7 Å². The zero-order valence-electron chi connectivity index (χ0n) is 21.0. The molecule has 0 fully saturated rings. The van der Waals surface area contributed by atoms with Crippen molar-refractivity contribution in [2.75, 3.05) is 13.1 Å². The maximum atomic E-state index is 14.3. The lowest BCUT2D eigenvalue weighted by molar-refractivity contribution is 0.0697. The Bertz CT molecular complexity index is 1740. The van der Waals surface area contributed by atoms with Crippen LogP contribution in [0.4, 0.5) is 8.78 Å². The predicted octanol–water partition coefficient (Wildman–Crippen LogP) is 4.07. The Hall–Kier alpha value is -5.20. The second kappa shape index (κ2) is 11.3. The predicted molar refractivity (Wildman–Crippen MR) is 138 cm³/mol. The standard InChI is InChI=1S/C28H21F2N7O3/c29-21-11-17(13-32)1-2-20(21)16-40-27-22(30)14-33-26(35-27)18-5-8-36(9-6-18)15-25-34-23-4-3-19(28(38)39)12-24(23)37(25)10-7-31/h1-5,11-12,14H,6,8-10,15-16H2,(H,38,39). The van der Waals surface area contributed by atoms with Gasteiger partial charge in [-0.1, -0.05) is 12.1 Å². The molecule has 0 unspecified atom stereocenters. The van der Waals surface area contributed by atoms with Crippen molar-refractivity contribution >= 4 is 22.6 Å². The zero-order valence-corrected chi connectivity index (χ0v) is 21.0. The Balaban J connectivity index is 1.29. The number of nitriles is 2. The van der Waals surface area contributed by atoms with Gasteiger partial charge in [-0.3, -0.25) is 4.90 Å². The smallest absolute Gasteiger partial charge is 0.335 e. The molecule has 1 N–H and O–H groups in total. The number of hydrogen-bond acceptors (Lipinski definition) is 8. The van der Waals surface area contributed by atoms with Gasteiger partial charge in [-0.05, 0) is 42.3 Å². The number of aromatic nitrogens is 4. The summed E-state index contributed by atoms with van der Waals surface area (Å²) in [6.07, 6.45) is 3.48. The first kappa shape index (κ1) is 26.4.